The average molecular weight is 196 g/mol. The van der Waals surface area contributed by atoms with Gasteiger partial charge in [0, 0.05) is 12.2 Å². The summed E-state index contributed by atoms with van der Waals surface area (Å²) in [6, 6.07) is 4.68. The number of rotatable bonds is 2. The van der Waals surface area contributed by atoms with Crippen molar-refractivity contribution < 1.29 is 4.39 Å². The average Bonchev–Trinajstić information content (AvgIpc) is 2.00. The second-order valence-electron chi connectivity index (χ2n) is 4.65. The number of nitrogens with one attached hydrogen (secondary N) is 1. The first kappa shape index (κ1) is 10.8. The summed E-state index contributed by atoms with van der Waals surface area (Å²) >= 11 is 0. The quantitative estimate of drug-likeness (QED) is 0.714. The number of anilines is 2. The highest BCUT2D eigenvalue weighted by Gasteiger charge is 2.10. The molecule has 0 aliphatic heterocycles. The van der Waals surface area contributed by atoms with Gasteiger partial charge in [0.05, 0.1) is 5.69 Å². The van der Waals surface area contributed by atoms with Gasteiger partial charge in [0.25, 0.3) is 0 Å². The third kappa shape index (κ3) is 3.24. The molecule has 14 heavy (non-hydrogen) atoms. The molecule has 0 saturated carbocycles. The van der Waals surface area contributed by atoms with Crippen molar-refractivity contribution in [1.29, 1.82) is 0 Å². The Balaban J connectivity index is 2.68. The maximum absolute atomic E-state index is 13.3. The first-order valence-electron chi connectivity index (χ1n) is 4.67. The first-order chi connectivity index (χ1) is 6.38. The van der Waals surface area contributed by atoms with Gasteiger partial charge in [-0.2, -0.15) is 0 Å². The SMILES string of the molecule is CC(C)(C)CNc1ccc(N)cc1F. The molecule has 0 atom stereocenters. The molecule has 0 spiro atoms. The van der Waals surface area contributed by atoms with Crippen LogP contribution in [0.3, 0.4) is 0 Å². The molecule has 1 aromatic rings. The van der Waals surface area contributed by atoms with Crippen molar-refractivity contribution in [2.24, 2.45) is 5.41 Å². The third-order valence-electron chi connectivity index (χ3n) is 1.80. The monoisotopic (exact) mass is 196 g/mol. The molecule has 3 N–H and O–H groups in total. The van der Waals surface area contributed by atoms with Crippen LogP contribution in [0.5, 0.6) is 0 Å². The van der Waals surface area contributed by atoms with Gasteiger partial charge in [0.2, 0.25) is 0 Å². The molecule has 0 unspecified atom stereocenters. The second-order valence-corrected chi connectivity index (χ2v) is 4.65. The Hall–Kier alpha value is -1.25. The number of halogens is 1. The summed E-state index contributed by atoms with van der Waals surface area (Å²) in [7, 11) is 0. The molecule has 0 amide bonds. The molecule has 0 saturated heterocycles. The topological polar surface area (TPSA) is 38.0 Å². The minimum Gasteiger partial charge on any atom is -0.399 e. The first-order valence-corrected chi connectivity index (χ1v) is 4.67. The van der Waals surface area contributed by atoms with Crippen LogP contribution in [0.2, 0.25) is 0 Å². The Bertz CT molecular complexity index is 316. The van der Waals surface area contributed by atoms with Gasteiger partial charge in [-0.25, -0.2) is 4.39 Å². The molecule has 1 rings (SSSR count). The minimum absolute atomic E-state index is 0.133. The van der Waals surface area contributed by atoms with E-state index in [4.69, 9.17) is 5.73 Å². The van der Waals surface area contributed by atoms with Crippen LogP contribution in [-0.2, 0) is 0 Å². The van der Waals surface area contributed by atoms with E-state index >= 15 is 0 Å². The predicted molar refractivity (Wildman–Crippen MR) is 58.8 cm³/mol. The van der Waals surface area contributed by atoms with Gasteiger partial charge in [-0.1, -0.05) is 20.8 Å². The van der Waals surface area contributed by atoms with Crippen LogP contribution < -0.4 is 11.1 Å². The zero-order valence-electron chi connectivity index (χ0n) is 8.89. The highest BCUT2D eigenvalue weighted by molar-refractivity contribution is 5.52. The molecule has 0 heterocycles. The van der Waals surface area contributed by atoms with E-state index in [1.807, 2.05) is 0 Å². The number of nitrogen functional groups attached to an aromatic ring is 1. The van der Waals surface area contributed by atoms with Gasteiger partial charge < -0.3 is 11.1 Å². The lowest BCUT2D eigenvalue weighted by Gasteiger charge is -2.19. The molecule has 0 aliphatic rings. The van der Waals surface area contributed by atoms with Gasteiger partial charge in [-0.3, -0.25) is 0 Å². The molecule has 1 aromatic carbocycles. The number of benzene rings is 1. The highest BCUT2D eigenvalue weighted by Crippen LogP contribution is 2.19. The standard InChI is InChI=1S/C11H17FN2/c1-11(2,3)7-14-10-5-4-8(13)6-9(10)12/h4-6,14H,7,13H2,1-3H3. The van der Waals surface area contributed by atoms with E-state index in [-0.39, 0.29) is 11.2 Å². The van der Waals surface area contributed by atoms with Gasteiger partial charge >= 0.3 is 0 Å². The predicted octanol–water partition coefficient (Wildman–Crippen LogP) is 2.87. The third-order valence-corrected chi connectivity index (χ3v) is 1.80. The zero-order valence-corrected chi connectivity index (χ0v) is 8.89. The molecule has 0 bridgehead atoms. The van der Waals surface area contributed by atoms with E-state index in [2.05, 4.69) is 26.1 Å². The Morgan fingerprint density at radius 2 is 2.00 bits per heavy atom. The number of hydrogen-bond acceptors (Lipinski definition) is 2. The van der Waals surface area contributed by atoms with Crippen molar-refractivity contribution in [2.45, 2.75) is 20.8 Å². The Kier molecular flexibility index (Phi) is 2.99. The Morgan fingerprint density at radius 1 is 1.36 bits per heavy atom. The van der Waals surface area contributed by atoms with Crippen molar-refractivity contribution in [3.8, 4) is 0 Å². The molecule has 3 heteroatoms. The van der Waals surface area contributed by atoms with Crippen molar-refractivity contribution >= 4 is 11.4 Å². The number of nitrogens with two attached hydrogens (primary N) is 1. The van der Waals surface area contributed by atoms with Crippen LogP contribution in [0, 0.1) is 11.2 Å². The van der Waals surface area contributed by atoms with Crippen molar-refractivity contribution in [2.75, 3.05) is 17.6 Å². The second kappa shape index (κ2) is 3.86. The molecule has 0 fully saturated rings. The zero-order chi connectivity index (χ0) is 10.8. The van der Waals surface area contributed by atoms with Crippen LogP contribution in [0.25, 0.3) is 0 Å². The molecular weight excluding hydrogens is 179 g/mol. The molecule has 78 valence electrons. The smallest absolute Gasteiger partial charge is 0.148 e. The van der Waals surface area contributed by atoms with Crippen molar-refractivity contribution in [3.63, 3.8) is 0 Å². The van der Waals surface area contributed by atoms with Crippen molar-refractivity contribution in [3.05, 3.63) is 24.0 Å². The Morgan fingerprint density at radius 3 is 2.50 bits per heavy atom. The summed E-state index contributed by atoms with van der Waals surface area (Å²) in [5.41, 5.74) is 6.53. The summed E-state index contributed by atoms with van der Waals surface area (Å²) < 4.78 is 13.3. The van der Waals surface area contributed by atoms with Crippen molar-refractivity contribution in [1.82, 2.24) is 0 Å². The van der Waals surface area contributed by atoms with E-state index < -0.39 is 0 Å². The van der Waals surface area contributed by atoms with Crippen LogP contribution >= 0.6 is 0 Å². The van der Waals surface area contributed by atoms with Gasteiger partial charge in [-0.15, -0.1) is 0 Å². The molecule has 0 radical (unpaired) electrons. The maximum Gasteiger partial charge on any atom is 0.148 e. The van der Waals surface area contributed by atoms with E-state index in [1.54, 1.807) is 12.1 Å². The van der Waals surface area contributed by atoms with Crippen LogP contribution in [0.4, 0.5) is 15.8 Å². The summed E-state index contributed by atoms with van der Waals surface area (Å²) in [5, 5.41) is 3.05. The normalized spacial score (nSPS) is 11.4. The lowest BCUT2D eigenvalue weighted by molar-refractivity contribution is 0.442. The summed E-state index contributed by atoms with van der Waals surface area (Å²) in [5.74, 6) is -0.297. The van der Waals surface area contributed by atoms with Gasteiger partial charge in [0.15, 0.2) is 0 Å². The molecule has 0 aliphatic carbocycles. The van der Waals surface area contributed by atoms with Crippen LogP contribution in [0.1, 0.15) is 20.8 Å². The van der Waals surface area contributed by atoms with Gasteiger partial charge in [-0.05, 0) is 23.6 Å². The summed E-state index contributed by atoms with van der Waals surface area (Å²) in [4.78, 5) is 0. The maximum atomic E-state index is 13.3. The fourth-order valence-electron chi connectivity index (χ4n) is 1.04. The lowest BCUT2D eigenvalue weighted by Crippen LogP contribution is -2.19. The van der Waals surface area contributed by atoms with E-state index in [0.29, 0.717) is 11.4 Å². The van der Waals surface area contributed by atoms with E-state index in [0.717, 1.165) is 6.54 Å². The van der Waals surface area contributed by atoms with Crippen LogP contribution in [0.15, 0.2) is 18.2 Å². The lowest BCUT2D eigenvalue weighted by atomic mass is 9.97. The molecular formula is C11H17FN2. The fraction of sp³-hybridized carbons (Fsp3) is 0.455. The van der Waals surface area contributed by atoms with Gasteiger partial charge in [0.1, 0.15) is 5.82 Å². The Labute approximate surface area is 84.3 Å². The van der Waals surface area contributed by atoms with E-state index in [9.17, 15) is 4.39 Å². The minimum atomic E-state index is -0.297. The highest BCUT2D eigenvalue weighted by atomic mass is 19.1. The fourth-order valence-corrected chi connectivity index (χ4v) is 1.04. The summed E-state index contributed by atoms with van der Waals surface area (Å²) in [6.07, 6.45) is 0. The molecule has 0 aromatic heterocycles. The summed E-state index contributed by atoms with van der Waals surface area (Å²) in [6.45, 7) is 7.01. The van der Waals surface area contributed by atoms with E-state index in [1.165, 1.54) is 6.07 Å². The number of hydrogen-bond donors (Lipinski definition) is 2. The van der Waals surface area contributed by atoms with Crippen LogP contribution in [-0.4, -0.2) is 6.54 Å². The largest absolute Gasteiger partial charge is 0.399 e. The molecule has 2 nitrogen and oxygen atoms in total.